The zero-order valence-electron chi connectivity index (χ0n) is 18.7. The van der Waals surface area contributed by atoms with Crippen LogP contribution in [0.1, 0.15) is 43.5 Å². The Morgan fingerprint density at radius 2 is 1.43 bits per heavy atom. The van der Waals surface area contributed by atoms with E-state index in [1.54, 1.807) is 48.5 Å². The lowest BCUT2D eigenvalue weighted by molar-refractivity contribution is -0.145. The van der Waals surface area contributed by atoms with Crippen molar-refractivity contribution in [3.63, 3.8) is 0 Å². The molecule has 2 heterocycles. The largest absolute Gasteiger partial charge is 0.349 e. The van der Waals surface area contributed by atoms with Crippen LogP contribution in [0.25, 0.3) is 0 Å². The fraction of sp³-hybridized carbons (Fsp3) is 0.214. The Bertz CT molecular complexity index is 1380. The van der Waals surface area contributed by atoms with Gasteiger partial charge in [0.15, 0.2) is 0 Å². The van der Waals surface area contributed by atoms with Gasteiger partial charge >= 0.3 is 0 Å². The highest BCUT2D eigenvalue weighted by Gasteiger charge is 2.74. The van der Waals surface area contributed by atoms with Crippen LogP contribution in [-0.4, -0.2) is 33.9 Å². The number of likely N-dealkylation sites (tertiary alicyclic amines) is 1. The molecule has 0 aromatic heterocycles. The molecule has 3 aromatic rings. The monoisotopic (exact) mass is 529 g/mol. The van der Waals surface area contributed by atoms with Crippen LogP contribution in [0.2, 0.25) is 0 Å². The lowest BCUT2D eigenvalue weighted by atomic mass is 9.77. The molecule has 174 valence electrons. The first kappa shape index (κ1) is 22.1. The van der Waals surface area contributed by atoms with E-state index >= 15 is 0 Å². The molecule has 2 saturated heterocycles. The number of amides is 2. The van der Waals surface area contributed by atoms with Crippen molar-refractivity contribution in [3.8, 4) is 0 Å². The molecule has 3 aliphatic rings. The standard InChI is InChI=1S/C28H20BrNO5/c1-15-6-8-16(9-7-15)14-30-26(33)21-22(27(30)34)28(35-23(21)17-10-12-18(29)13-11-17)24(31)19-4-2-3-5-20(19)25(28)32/h2-13,21-23H,14H2,1H3/t21-,22-,23+/m0/s1. The molecule has 0 unspecified atom stereocenters. The molecule has 2 amide bonds. The number of ketones is 2. The lowest BCUT2D eigenvalue weighted by Crippen LogP contribution is -2.50. The molecule has 1 aliphatic carbocycles. The number of ether oxygens (including phenoxy) is 1. The van der Waals surface area contributed by atoms with Crippen molar-refractivity contribution >= 4 is 39.3 Å². The van der Waals surface area contributed by atoms with Gasteiger partial charge in [0.1, 0.15) is 0 Å². The molecule has 1 spiro atoms. The molecule has 6 rings (SSSR count). The first-order valence-corrected chi connectivity index (χ1v) is 12.1. The zero-order chi connectivity index (χ0) is 24.5. The Morgan fingerprint density at radius 3 is 2.03 bits per heavy atom. The fourth-order valence-corrected chi connectivity index (χ4v) is 5.83. The van der Waals surface area contributed by atoms with Crippen LogP contribution in [0, 0.1) is 18.8 Å². The van der Waals surface area contributed by atoms with Gasteiger partial charge in [0.05, 0.1) is 24.5 Å². The molecule has 35 heavy (non-hydrogen) atoms. The molecule has 0 saturated carbocycles. The van der Waals surface area contributed by atoms with Crippen molar-refractivity contribution in [2.45, 2.75) is 25.2 Å². The maximum atomic E-state index is 13.8. The van der Waals surface area contributed by atoms with Crippen molar-refractivity contribution < 1.29 is 23.9 Å². The summed E-state index contributed by atoms with van der Waals surface area (Å²) in [6.45, 7) is 2.03. The average molecular weight is 530 g/mol. The number of fused-ring (bicyclic) bond motifs is 3. The van der Waals surface area contributed by atoms with Crippen molar-refractivity contribution in [2.24, 2.45) is 11.8 Å². The maximum Gasteiger partial charge on any atom is 0.237 e. The van der Waals surface area contributed by atoms with E-state index in [2.05, 4.69) is 15.9 Å². The molecule has 0 radical (unpaired) electrons. The second-order valence-corrected chi connectivity index (χ2v) is 10.2. The summed E-state index contributed by atoms with van der Waals surface area (Å²) in [5.41, 5.74) is 0.901. The van der Waals surface area contributed by atoms with Gasteiger partial charge in [-0.3, -0.25) is 24.1 Å². The quantitative estimate of drug-likeness (QED) is 0.370. The van der Waals surface area contributed by atoms with Crippen LogP contribution in [0.4, 0.5) is 0 Å². The van der Waals surface area contributed by atoms with Crippen LogP contribution >= 0.6 is 15.9 Å². The minimum absolute atomic E-state index is 0.0728. The second kappa shape index (κ2) is 7.80. The van der Waals surface area contributed by atoms with Crippen LogP contribution < -0.4 is 0 Å². The van der Waals surface area contributed by atoms with Crippen LogP contribution in [0.3, 0.4) is 0 Å². The van der Waals surface area contributed by atoms with Crippen LogP contribution in [0.15, 0.2) is 77.3 Å². The molecule has 6 nitrogen and oxygen atoms in total. The number of benzene rings is 3. The molecule has 2 fully saturated rings. The van der Waals surface area contributed by atoms with Crippen molar-refractivity contribution in [2.75, 3.05) is 0 Å². The Hall–Kier alpha value is -3.42. The average Bonchev–Trinajstić information content (AvgIpc) is 3.42. The third kappa shape index (κ3) is 3.04. The number of carbonyl (C=O) groups is 4. The molecular formula is C28H20BrNO5. The van der Waals surface area contributed by atoms with E-state index < -0.39 is 46.9 Å². The molecule has 2 aliphatic heterocycles. The van der Waals surface area contributed by atoms with E-state index in [1.807, 2.05) is 31.2 Å². The number of nitrogens with zero attached hydrogens (tertiary/aromatic N) is 1. The topological polar surface area (TPSA) is 80.8 Å². The highest BCUT2D eigenvalue weighted by Crippen LogP contribution is 2.57. The first-order chi connectivity index (χ1) is 16.8. The van der Waals surface area contributed by atoms with Crippen LogP contribution in [0.5, 0.6) is 0 Å². The number of hydrogen-bond donors (Lipinski definition) is 0. The minimum atomic E-state index is -2.04. The van der Waals surface area contributed by atoms with E-state index in [-0.39, 0.29) is 17.7 Å². The van der Waals surface area contributed by atoms with Gasteiger partial charge in [-0.05, 0) is 30.2 Å². The first-order valence-electron chi connectivity index (χ1n) is 11.4. The summed E-state index contributed by atoms with van der Waals surface area (Å²) in [6.07, 6.45) is -0.908. The number of carbonyl (C=O) groups excluding carboxylic acids is 4. The number of Topliss-reactive ketones (excluding diaryl/α,β-unsaturated/α-hetero) is 2. The summed E-state index contributed by atoms with van der Waals surface area (Å²) in [5.74, 6) is -4.27. The highest BCUT2D eigenvalue weighted by molar-refractivity contribution is 9.10. The molecule has 3 atom stereocenters. The molecule has 0 bridgehead atoms. The summed E-state index contributed by atoms with van der Waals surface area (Å²) < 4.78 is 7.12. The Balaban J connectivity index is 1.48. The van der Waals surface area contributed by atoms with Gasteiger partial charge < -0.3 is 4.74 Å². The molecular weight excluding hydrogens is 510 g/mol. The smallest absolute Gasteiger partial charge is 0.237 e. The van der Waals surface area contributed by atoms with Gasteiger partial charge in [-0.2, -0.15) is 0 Å². The predicted molar refractivity (Wildman–Crippen MR) is 130 cm³/mol. The van der Waals surface area contributed by atoms with Gasteiger partial charge in [0.2, 0.25) is 29.0 Å². The van der Waals surface area contributed by atoms with Gasteiger partial charge in [-0.15, -0.1) is 0 Å². The Morgan fingerprint density at radius 1 is 0.829 bits per heavy atom. The summed E-state index contributed by atoms with van der Waals surface area (Å²) in [4.78, 5) is 56.2. The third-order valence-corrected chi connectivity index (χ3v) is 7.80. The van der Waals surface area contributed by atoms with E-state index in [0.717, 1.165) is 15.6 Å². The predicted octanol–water partition coefficient (Wildman–Crippen LogP) is 4.45. The lowest BCUT2D eigenvalue weighted by Gasteiger charge is -2.27. The van der Waals surface area contributed by atoms with Gasteiger partial charge in [-0.1, -0.05) is 82.2 Å². The number of imide groups is 1. The number of aryl methyl sites for hydroxylation is 1. The SMILES string of the molecule is Cc1ccc(CN2C(=O)[C@@H]3[C@@H](c4ccc(Br)cc4)OC4(C(=O)c5ccccc5C4=O)[C@@H]3C2=O)cc1. The Labute approximate surface area is 210 Å². The second-order valence-electron chi connectivity index (χ2n) is 9.28. The Kier molecular flexibility index (Phi) is 4.92. The summed E-state index contributed by atoms with van der Waals surface area (Å²) in [5, 5.41) is 0. The summed E-state index contributed by atoms with van der Waals surface area (Å²) >= 11 is 3.40. The maximum absolute atomic E-state index is 13.8. The van der Waals surface area contributed by atoms with Crippen molar-refractivity contribution in [1.82, 2.24) is 4.90 Å². The third-order valence-electron chi connectivity index (χ3n) is 7.27. The number of rotatable bonds is 3. The van der Waals surface area contributed by atoms with Crippen molar-refractivity contribution in [3.05, 3.63) is 105 Å². The van der Waals surface area contributed by atoms with Gasteiger partial charge in [-0.25, -0.2) is 0 Å². The fourth-order valence-electron chi connectivity index (χ4n) is 5.56. The summed E-state index contributed by atoms with van der Waals surface area (Å²) in [6, 6.07) is 21.2. The van der Waals surface area contributed by atoms with Crippen LogP contribution in [-0.2, 0) is 20.9 Å². The normalized spacial score (nSPS) is 24.4. The molecule has 7 heteroatoms. The number of halogens is 1. The van der Waals surface area contributed by atoms with Gasteiger partial charge in [0.25, 0.3) is 0 Å². The van der Waals surface area contributed by atoms with E-state index in [4.69, 9.17) is 4.74 Å². The highest BCUT2D eigenvalue weighted by atomic mass is 79.9. The zero-order valence-corrected chi connectivity index (χ0v) is 20.3. The van der Waals surface area contributed by atoms with E-state index in [0.29, 0.717) is 5.56 Å². The molecule has 3 aromatic carbocycles. The molecule has 0 N–H and O–H groups in total. The summed E-state index contributed by atoms with van der Waals surface area (Å²) in [7, 11) is 0. The van der Waals surface area contributed by atoms with Gasteiger partial charge in [0, 0.05) is 15.6 Å². The van der Waals surface area contributed by atoms with E-state index in [1.165, 1.54) is 4.90 Å². The van der Waals surface area contributed by atoms with E-state index in [9.17, 15) is 19.2 Å². The number of hydrogen-bond acceptors (Lipinski definition) is 5. The van der Waals surface area contributed by atoms with Crippen molar-refractivity contribution in [1.29, 1.82) is 0 Å². The minimum Gasteiger partial charge on any atom is -0.349 e.